The Kier molecular flexibility index (Phi) is 6.03. The Bertz CT molecular complexity index is 1430. The van der Waals surface area contributed by atoms with Crippen LogP contribution in [0.25, 0.3) is 22.3 Å². The Morgan fingerprint density at radius 3 is 2.59 bits per heavy atom. The van der Waals surface area contributed by atoms with Gasteiger partial charge in [0.1, 0.15) is 11.6 Å². The lowest BCUT2D eigenvalue weighted by Crippen LogP contribution is -2.53. The molecule has 7 heteroatoms. The molecule has 0 bridgehead atoms. The summed E-state index contributed by atoms with van der Waals surface area (Å²) < 4.78 is 0. The number of nitrogens with zero attached hydrogens (tertiary/aromatic N) is 5. The molecule has 1 aliphatic carbocycles. The van der Waals surface area contributed by atoms with Crippen LogP contribution in [0, 0.1) is 12.3 Å². The molecule has 1 aliphatic heterocycles. The van der Waals surface area contributed by atoms with E-state index < -0.39 is 0 Å². The number of aromatic nitrogens is 4. The van der Waals surface area contributed by atoms with E-state index in [0.717, 1.165) is 53.3 Å². The maximum Gasteiger partial charge on any atom is 0.162 e. The fourth-order valence-corrected chi connectivity index (χ4v) is 5.62. The molecule has 0 spiro atoms. The molecule has 37 heavy (non-hydrogen) atoms. The van der Waals surface area contributed by atoms with Crippen molar-refractivity contribution in [2.75, 3.05) is 30.4 Å². The average Bonchev–Trinajstić information content (AvgIpc) is 3.74. The van der Waals surface area contributed by atoms with Gasteiger partial charge < -0.3 is 15.5 Å². The first kappa shape index (κ1) is 23.8. The molecule has 4 heterocycles. The number of nitrogens with one attached hydrogen (secondary N) is 2. The number of anilines is 3. The molecule has 1 saturated heterocycles. The minimum absolute atomic E-state index is 0.124. The van der Waals surface area contributed by atoms with E-state index in [1.165, 1.54) is 24.0 Å². The third-order valence-electron chi connectivity index (χ3n) is 7.86. The Hall–Kier alpha value is -3.58. The van der Waals surface area contributed by atoms with Gasteiger partial charge in [-0.2, -0.15) is 0 Å². The van der Waals surface area contributed by atoms with Gasteiger partial charge in [-0.05, 0) is 73.9 Å². The van der Waals surface area contributed by atoms with Crippen molar-refractivity contribution in [3.05, 3.63) is 66.1 Å². The average molecular weight is 494 g/mol. The second kappa shape index (κ2) is 9.38. The van der Waals surface area contributed by atoms with E-state index in [1.807, 2.05) is 30.7 Å². The van der Waals surface area contributed by atoms with Crippen molar-refractivity contribution in [2.24, 2.45) is 5.41 Å². The Morgan fingerprint density at radius 2 is 1.84 bits per heavy atom. The first-order valence-corrected chi connectivity index (χ1v) is 13.3. The van der Waals surface area contributed by atoms with Crippen LogP contribution in [-0.2, 0) is 0 Å². The van der Waals surface area contributed by atoms with Gasteiger partial charge in [-0.15, -0.1) is 0 Å². The minimum atomic E-state index is 0.124. The van der Waals surface area contributed by atoms with Crippen LogP contribution in [0.5, 0.6) is 0 Å². The molecule has 6 rings (SSSR count). The molecule has 3 aromatic heterocycles. The highest BCUT2D eigenvalue weighted by Gasteiger charge is 2.37. The maximum atomic E-state index is 5.25. The quantitative estimate of drug-likeness (QED) is 0.349. The monoisotopic (exact) mass is 493 g/mol. The number of rotatable bonds is 6. The lowest BCUT2D eigenvalue weighted by molar-refractivity contribution is 0.215. The highest BCUT2D eigenvalue weighted by Crippen LogP contribution is 2.45. The largest absolute Gasteiger partial charge is 0.355 e. The number of benzene rings is 1. The second-order valence-corrected chi connectivity index (χ2v) is 11.3. The molecular formula is C30H35N7. The van der Waals surface area contributed by atoms with Gasteiger partial charge in [0.05, 0.1) is 11.7 Å². The molecule has 1 aromatic carbocycles. The Morgan fingerprint density at radius 1 is 1.03 bits per heavy atom. The van der Waals surface area contributed by atoms with Crippen molar-refractivity contribution in [3.63, 3.8) is 0 Å². The van der Waals surface area contributed by atoms with Crippen molar-refractivity contribution in [2.45, 2.75) is 52.0 Å². The molecule has 0 amide bonds. The topological polar surface area (TPSA) is 78.9 Å². The molecule has 1 saturated carbocycles. The fourth-order valence-electron chi connectivity index (χ4n) is 5.62. The summed E-state index contributed by atoms with van der Waals surface area (Å²) in [6, 6.07) is 12.7. The third-order valence-corrected chi connectivity index (χ3v) is 7.86. The van der Waals surface area contributed by atoms with Crippen LogP contribution in [0.2, 0.25) is 0 Å². The van der Waals surface area contributed by atoms with E-state index in [9.17, 15) is 0 Å². The molecule has 7 nitrogen and oxygen atoms in total. The zero-order valence-electron chi connectivity index (χ0n) is 22.1. The van der Waals surface area contributed by atoms with E-state index >= 15 is 0 Å². The molecule has 2 aliphatic rings. The van der Waals surface area contributed by atoms with Crippen molar-refractivity contribution < 1.29 is 0 Å². The summed E-state index contributed by atoms with van der Waals surface area (Å²) in [4.78, 5) is 21.8. The first-order chi connectivity index (χ1) is 17.9. The summed E-state index contributed by atoms with van der Waals surface area (Å²) in [7, 11) is 2.21. The van der Waals surface area contributed by atoms with E-state index in [2.05, 4.69) is 77.6 Å². The third kappa shape index (κ3) is 4.76. The summed E-state index contributed by atoms with van der Waals surface area (Å²) in [6.07, 6.45) is 9.24. The summed E-state index contributed by atoms with van der Waals surface area (Å²) in [5.41, 5.74) is 5.48. The lowest BCUT2D eigenvalue weighted by Gasteiger charge is -2.45. The van der Waals surface area contributed by atoms with Gasteiger partial charge in [0.2, 0.25) is 0 Å². The molecule has 4 aromatic rings. The Balaban J connectivity index is 1.44. The maximum absolute atomic E-state index is 5.25. The SMILES string of the molecule is Cc1ccc(Nc2cc(-c3nc(N(C)C4CCNCC4(C)C)c4c(C5CC5)cncc4n3)ccn2)cc1. The van der Waals surface area contributed by atoms with Gasteiger partial charge in [0, 0.05) is 48.7 Å². The lowest BCUT2D eigenvalue weighted by atomic mass is 9.79. The van der Waals surface area contributed by atoms with Crippen molar-refractivity contribution in [3.8, 4) is 11.4 Å². The summed E-state index contributed by atoms with van der Waals surface area (Å²) >= 11 is 0. The summed E-state index contributed by atoms with van der Waals surface area (Å²) in [5.74, 6) is 3.04. The number of fused-ring (bicyclic) bond motifs is 1. The van der Waals surface area contributed by atoms with Crippen LogP contribution in [0.1, 0.15) is 50.2 Å². The minimum Gasteiger partial charge on any atom is -0.355 e. The predicted octanol–water partition coefficient (Wildman–Crippen LogP) is 5.84. The van der Waals surface area contributed by atoms with E-state index in [-0.39, 0.29) is 5.41 Å². The van der Waals surface area contributed by atoms with Crippen LogP contribution in [0.15, 0.2) is 55.0 Å². The van der Waals surface area contributed by atoms with Gasteiger partial charge in [-0.25, -0.2) is 15.0 Å². The number of piperidine rings is 1. The molecule has 2 fully saturated rings. The Labute approximate surface area is 218 Å². The van der Waals surface area contributed by atoms with Crippen molar-refractivity contribution in [1.82, 2.24) is 25.3 Å². The van der Waals surface area contributed by atoms with Gasteiger partial charge in [-0.1, -0.05) is 31.5 Å². The molecule has 1 unspecified atom stereocenters. The number of aryl methyl sites for hydroxylation is 1. The van der Waals surface area contributed by atoms with E-state index in [0.29, 0.717) is 17.8 Å². The van der Waals surface area contributed by atoms with Crippen molar-refractivity contribution >= 4 is 28.2 Å². The normalized spacial score (nSPS) is 19.1. The van der Waals surface area contributed by atoms with Gasteiger partial charge in [-0.3, -0.25) is 4.98 Å². The summed E-state index contributed by atoms with van der Waals surface area (Å²) in [5, 5.41) is 8.14. The van der Waals surface area contributed by atoms with Crippen LogP contribution in [0.4, 0.5) is 17.3 Å². The van der Waals surface area contributed by atoms with E-state index in [4.69, 9.17) is 9.97 Å². The van der Waals surface area contributed by atoms with Crippen molar-refractivity contribution in [1.29, 1.82) is 0 Å². The standard InChI is InChI=1S/C30H35N7/c1-19-5-9-22(10-6-19)34-26-15-21(11-14-33-26)28-35-24-17-32-16-23(20-7-8-20)27(24)29(36-28)37(4)25-12-13-31-18-30(25,2)3/h5-6,9-11,14-17,20,25,31H,7-8,12-13,18H2,1-4H3,(H,33,34). The highest BCUT2D eigenvalue weighted by atomic mass is 15.2. The predicted molar refractivity (Wildman–Crippen MR) is 150 cm³/mol. The molecule has 0 radical (unpaired) electrons. The molecule has 1 atom stereocenters. The number of hydrogen-bond donors (Lipinski definition) is 2. The van der Waals surface area contributed by atoms with Crippen LogP contribution in [0.3, 0.4) is 0 Å². The highest BCUT2D eigenvalue weighted by molar-refractivity contribution is 5.94. The van der Waals surface area contributed by atoms with Crippen LogP contribution in [-0.4, -0.2) is 46.1 Å². The van der Waals surface area contributed by atoms with Gasteiger partial charge in [0.15, 0.2) is 5.82 Å². The summed E-state index contributed by atoms with van der Waals surface area (Å²) in [6.45, 7) is 8.79. The second-order valence-electron chi connectivity index (χ2n) is 11.3. The molecule has 190 valence electrons. The van der Waals surface area contributed by atoms with Crippen LogP contribution >= 0.6 is 0 Å². The zero-order valence-corrected chi connectivity index (χ0v) is 22.1. The molecular weight excluding hydrogens is 458 g/mol. The van der Waals surface area contributed by atoms with Gasteiger partial charge in [0.25, 0.3) is 0 Å². The molecule has 2 N–H and O–H groups in total. The zero-order chi connectivity index (χ0) is 25.6. The van der Waals surface area contributed by atoms with E-state index in [1.54, 1.807) is 0 Å². The number of hydrogen-bond acceptors (Lipinski definition) is 7. The first-order valence-electron chi connectivity index (χ1n) is 13.3. The number of pyridine rings is 2. The van der Waals surface area contributed by atoms with Gasteiger partial charge >= 0.3 is 0 Å². The smallest absolute Gasteiger partial charge is 0.162 e. The fraction of sp³-hybridized carbons (Fsp3) is 0.400. The van der Waals surface area contributed by atoms with Crippen LogP contribution < -0.4 is 15.5 Å².